The van der Waals surface area contributed by atoms with Gasteiger partial charge in [-0.2, -0.15) is 0 Å². The fourth-order valence-corrected chi connectivity index (χ4v) is 3.04. The summed E-state index contributed by atoms with van der Waals surface area (Å²) in [6, 6.07) is 0. The van der Waals surface area contributed by atoms with Crippen molar-refractivity contribution >= 4 is 11.9 Å². The average Bonchev–Trinajstić information content (AvgIpc) is 2.24. The quantitative estimate of drug-likeness (QED) is 0.782. The van der Waals surface area contributed by atoms with Gasteiger partial charge in [-0.15, -0.1) is 6.58 Å². The molecule has 0 aromatic rings. The Morgan fingerprint density at radius 1 is 1.30 bits per heavy atom. The summed E-state index contributed by atoms with van der Waals surface area (Å²) in [5, 5.41) is 12.4. The van der Waals surface area contributed by atoms with Crippen molar-refractivity contribution in [3.63, 3.8) is 0 Å². The van der Waals surface area contributed by atoms with Crippen molar-refractivity contribution in [2.45, 2.75) is 53.0 Å². The largest absolute Gasteiger partial charge is 0.481 e. The lowest BCUT2D eigenvalue weighted by atomic mass is 9.61. The second-order valence-electron chi connectivity index (χ2n) is 7.56. The van der Waals surface area contributed by atoms with Crippen LogP contribution in [0.3, 0.4) is 0 Å². The summed E-state index contributed by atoms with van der Waals surface area (Å²) in [5.74, 6) is -1.98. The van der Waals surface area contributed by atoms with E-state index < -0.39 is 17.8 Å². The van der Waals surface area contributed by atoms with Gasteiger partial charge in [0.1, 0.15) is 0 Å². The monoisotopic (exact) mass is 281 g/mol. The van der Waals surface area contributed by atoms with Crippen LogP contribution in [0.25, 0.3) is 0 Å². The van der Waals surface area contributed by atoms with E-state index in [0.29, 0.717) is 12.8 Å². The summed E-state index contributed by atoms with van der Waals surface area (Å²) in [6.07, 6.45) is 2.91. The van der Waals surface area contributed by atoms with E-state index in [-0.39, 0.29) is 22.8 Å². The Bertz CT molecular complexity index is 406. The van der Waals surface area contributed by atoms with Crippen molar-refractivity contribution in [2.75, 3.05) is 0 Å². The number of aliphatic carboxylic acids is 1. The fourth-order valence-electron chi connectivity index (χ4n) is 3.04. The summed E-state index contributed by atoms with van der Waals surface area (Å²) < 4.78 is 0. The minimum atomic E-state index is -0.880. The van der Waals surface area contributed by atoms with E-state index in [1.807, 2.05) is 40.7 Å². The summed E-state index contributed by atoms with van der Waals surface area (Å²) >= 11 is 0. The minimum Gasteiger partial charge on any atom is -0.481 e. The lowest BCUT2D eigenvalue weighted by Gasteiger charge is -2.44. The number of carboxylic acids is 1. The van der Waals surface area contributed by atoms with Gasteiger partial charge < -0.3 is 10.4 Å². The molecule has 0 aliphatic heterocycles. The highest BCUT2D eigenvalue weighted by molar-refractivity contribution is 5.85. The molecular weight excluding hydrogens is 254 g/mol. The third kappa shape index (κ3) is 3.84. The van der Waals surface area contributed by atoms with Gasteiger partial charge >= 0.3 is 5.97 Å². The van der Waals surface area contributed by atoms with Gasteiger partial charge in [0.25, 0.3) is 0 Å². The van der Waals surface area contributed by atoms with Crippen LogP contribution in [-0.4, -0.2) is 22.5 Å². The van der Waals surface area contributed by atoms with E-state index in [1.165, 1.54) is 0 Å². The topological polar surface area (TPSA) is 66.4 Å². The lowest BCUT2D eigenvalue weighted by molar-refractivity contribution is -0.152. The Morgan fingerprint density at radius 2 is 1.85 bits per heavy atom. The number of allylic oxidation sites excluding steroid dienone is 1. The molecule has 1 saturated carbocycles. The normalized spacial score (nSPS) is 29.6. The first-order chi connectivity index (χ1) is 8.98. The van der Waals surface area contributed by atoms with Gasteiger partial charge in [0.15, 0.2) is 0 Å². The van der Waals surface area contributed by atoms with Crippen LogP contribution in [0.1, 0.15) is 47.5 Å². The first-order valence-electron chi connectivity index (χ1n) is 7.15. The zero-order chi connectivity index (χ0) is 15.7. The number of nitrogens with one attached hydrogen (secondary N) is 1. The van der Waals surface area contributed by atoms with Crippen LogP contribution < -0.4 is 5.32 Å². The van der Waals surface area contributed by atoms with E-state index >= 15 is 0 Å². The highest BCUT2D eigenvalue weighted by atomic mass is 16.4. The molecule has 4 nitrogen and oxygen atoms in total. The zero-order valence-electron chi connectivity index (χ0n) is 13.2. The molecule has 0 aromatic carbocycles. The molecule has 1 fully saturated rings. The molecule has 3 unspecified atom stereocenters. The predicted molar refractivity (Wildman–Crippen MR) is 79.2 cm³/mol. The first-order valence-corrected chi connectivity index (χ1v) is 7.15. The maximum atomic E-state index is 12.4. The van der Waals surface area contributed by atoms with Crippen molar-refractivity contribution in [3.05, 3.63) is 12.7 Å². The maximum Gasteiger partial charge on any atom is 0.307 e. The average molecular weight is 281 g/mol. The summed E-state index contributed by atoms with van der Waals surface area (Å²) in [6.45, 7) is 13.6. The summed E-state index contributed by atoms with van der Waals surface area (Å²) in [5.41, 5.74) is -0.486. The van der Waals surface area contributed by atoms with E-state index in [2.05, 4.69) is 11.9 Å². The third-order valence-corrected chi connectivity index (χ3v) is 4.18. The molecule has 20 heavy (non-hydrogen) atoms. The molecule has 1 aliphatic rings. The standard InChI is InChI=1S/C16H27NO3/c1-7-10-8-11(13(18)17-15(2,3)4)12(14(19)20)9-16(10,5)6/h7,10-12H,1,8-9H2,2-6H3,(H,17,18)(H,19,20). The Kier molecular flexibility index (Phi) is 4.67. The molecule has 0 aromatic heterocycles. The van der Waals surface area contributed by atoms with E-state index in [9.17, 15) is 14.7 Å². The van der Waals surface area contributed by atoms with Crippen molar-refractivity contribution in [1.82, 2.24) is 5.32 Å². The smallest absolute Gasteiger partial charge is 0.307 e. The molecule has 1 amide bonds. The van der Waals surface area contributed by atoms with Crippen molar-refractivity contribution in [1.29, 1.82) is 0 Å². The third-order valence-electron chi connectivity index (χ3n) is 4.18. The second-order valence-corrected chi connectivity index (χ2v) is 7.56. The number of carboxylic acid groups (broad SMARTS) is 1. The van der Waals surface area contributed by atoms with Crippen LogP contribution in [0.4, 0.5) is 0 Å². The van der Waals surface area contributed by atoms with E-state index in [0.717, 1.165) is 0 Å². The molecule has 1 rings (SSSR count). The Hall–Kier alpha value is -1.32. The van der Waals surface area contributed by atoms with Crippen LogP contribution in [0.2, 0.25) is 0 Å². The van der Waals surface area contributed by atoms with Gasteiger partial charge in [0.05, 0.1) is 11.8 Å². The zero-order valence-corrected chi connectivity index (χ0v) is 13.2. The highest BCUT2D eigenvalue weighted by Crippen LogP contribution is 2.46. The van der Waals surface area contributed by atoms with Gasteiger partial charge in [-0.25, -0.2) is 0 Å². The number of hydrogen-bond acceptors (Lipinski definition) is 2. The number of hydrogen-bond donors (Lipinski definition) is 2. The molecule has 3 atom stereocenters. The molecule has 0 bridgehead atoms. The minimum absolute atomic E-state index is 0.136. The van der Waals surface area contributed by atoms with Gasteiger partial charge in [-0.05, 0) is 44.9 Å². The number of carbonyl (C=O) groups excluding carboxylic acids is 1. The van der Waals surface area contributed by atoms with Gasteiger partial charge in [0.2, 0.25) is 5.91 Å². The molecular formula is C16H27NO3. The van der Waals surface area contributed by atoms with Crippen LogP contribution in [0.15, 0.2) is 12.7 Å². The Labute approximate surface area is 121 Å². The molecule has 4 heteroatoms. The summed E-state index contributed by atoms with van der Waals surface area (Å²) in [4.78, 5) is 23.9. The van der Waals surface area contributed by atoms with Crippen molar-refractivity contribution in [3.8, 4) is 0 Å². The van der Waals surface area contributed by atoms with Gasteiger partial charge in [-0.1, -0.05) is 19.9 Å². The molecule has 0 heterocycles. The summed E-state index contributed by atoms with van der Waals surface area (Å²) in [7, 11) is 0. The molecule has 1 aliphatic carbocycles. The van der Waals surface area contributed by atoms with Crippen LogP contribution in [0, 0.1) is 23.2 Å². The Morgan fingerprint density at radius 3 is 2.25 bits per heavy atom. The van der Waals surface area contributed by atoms with Gasteiger partial charge in [-0.3, -0.25) is 9.59 Å². The van der Waals surface area contributed by atoms with Crippen molar-refractivity contribution < 1.29 is 14.7 Å². The van der Waals surface area contributed by atoms with E-state index in [1.54, 1.807) is 0 Å². The predicted octanol–water partition coefficient (Wildman–Crippen LogP) is 2.84. The molecule has 0 spiro atoms. The second kappa shape index (κ2) is 5.58. The lowest BCUT2D eigenvalue weighted by Crippen LogP contribution is -2.50. The van der Waals surface area contributed by atoms with Crippen LogP contribution in [-0.2, 0) is 9.59 Å². The fraction of sp³-hybridized carbons (Fsp3) is 0.750. The van der Waals surface area contributed by atoms with Gasteiger partial charge in [0, 0.05) is 5.54 Å². The molecule has 2 N–H and O–H groups in total. The number of amides is 1. The van der Waals surface area contributed by atoms with Crippen LogP contribution >= 0.6 is 0 Å². The van der Waals surface area contributed by atoms with Crippen LogP contribution in [0.5, 0.6) is 0 Å². The first kappa shape index (κ1) is 16.7. The molecule has 114 valence electrons. The molecule has 0 saturated heterocycles. The number of carbonyl (C=O) groups is 2. The maximum absolute atomic E-state index is 12.4. The SMILES string of the molecule is C=CC1CC(C(=O)NC(C)(C)C)C(C(=O)O)CC1(C)C. The highest BCUT2D eigenvalue weighted by Gasteiger charge is 2.46. The number of rotatable bonds is 3. The Balaban J connectivity index is 2.99. The molecule has 0 radical (unpaired) electrons. The van der Waals surface area contributed by atoms with E-state index in [4.69, 9.17) is 0 Å². The van der Waals surface area contributed by atoms with Crippen molar-refractivity contribution in [2.24, 2.45) is 23.2 Å².